The van der Waals surface area contributed by atoms with Crippen molar-refractivity contribution in [3.63, 3.8) is 0 Å². The Morgan fingerprint density at radius 2 is 2.05 bits per heavy atom. The number of hydrogen-bond acceptors (Lipinski definition) is 3. The van der Waals surface area contributed by atoms with E-state index in [0.29, 0.717) is 6.54 Å². The van der Waals surface area contributed by atoms with Crippen LogP contribution in [0.4, 0.5) is 15.8 Å². The largest absolute Gasteiger partial charge is 0.398 e. The molecule has 6 heteroatoms. The second-order valence-corrected chi connectivity index (χ2v) is 5.66. The molecule has 2 rings (SSSR count). The Morgan fingerprint density at radius 1 is 1.33 bits per heavy atom. The monoisotopic (exact) mass is 351 g/mol. The van der Waals surface area contributed by atoms with Gasteiger partial charge in [0.25, 0.3) is 5.91 Å². The molecule has 0 bridgehead atoms. The van der Waals surface area contributed by atoms with Crippen LogP contribution >= 0.6 is 15.9 Å². The predicted molar refractivity (Wildman–Crippen MR) is 85.6 cm³/mol. The van der Waals surface area contributed by atoms with Gasteiger partial charge in [0.1, 0.15) is 5.82 Å². The van der Waals surface area contributed by atoms with E-state index in [1.165, 1.54) is 6.07 Å². The maximum absolute atomic E-state index is 14.0. The molecule has 0 aromatic heterocycles. The molecule has 0 atom stereocenters. The smallest absolute Gasteiger partial charge is 0.250 e. The molecule has 21 heavy (non-hydrogen) atoms. The molecule has 0 spiro atoms. The van der Waals surface area contributed by atoms with E-state index in [1.54, 1.807) is 11.9 Å². The molecular formula is C15H15BrFN3O. The predicted octanol–water partition coefficient (Wildman–Crippen LogP) is 2.91. The first kappa shape index (κ1) is 15.3. The Morgan fingerprint density at radius 3 is 2.67 bits per heavy atom. The Balaban J connectivity index is 2.32. The van der Waals surface area contributed by atoms with E-state index >= 15 is 0 Å². The molecular weight excluding hydrogens is 337 g/mol. The summed E-state index contributed by atoms with van der Waals surface area (Å²) in [4.78, 5) is 13.0. The summed E-state index contributed by atoms with van der Waals surface area (Å²) in [6.45, 7) is 0.485. The lowest BCUT2D eigenvalue weighted by Gasteiger charge is -2.21. The Kier molecular flexibility index (Phi) is 4.47. The van der Waals surface area contributed by atoms with Crippen LogP contribution in [0, 0.1) is 5.82 Å². The number of amides is 1. The third-order valence-electron chi connectivity index (χ3n) is 3.10. The maximum Gasteiger partial charge on any atom is 0.250 e. The van der Waals surface area contributed by atoms with Crippen molar-refractivity contribution in [3.05, 3.63) is 57.8 Å². The highest BCUT2D eigenvalue weighted by Crippen LogP contribution is 2.26. The lowest BCUT2D eigenvalue weighted by molar-refractivity contribution is 0.100. The lowest BCUT2D eigenvalue weighted by atomic mass is 10.1. The normalized spacial score (nSPS) is 10.4. The molecule has 1 amide bonds. The molecule has 0 radical (unpaired) electrons. The van der Waals surface area contributed by atoms with Gasteiger partial charge >= 0.3 is 0 Å². The summed E-state index contributed by atoms with van der Waals surface area (Å²) in [5.74, 6) is -1.17. The Bertz CT molecular complexity index is 691. The van der Waals surface area contributed by atoms with Crippen molar-refractivity contribution in [2.24, 2.45) is 5.73 Å². The van der Waals surface area contributed by atoms with Gasteiger partial charge in [-0.1, -0.05) is 28.1 Å². The molecule has 0 aliphatic rings. The van der Waals surface area contributed by atoms with Crippen molar-refractivity contribution in [2.75, 3.05) is 17.7 Å². The van der Waals surface area contributed by atoms with E-state index < -0.39 is 11.7 Å². The van der Waals surface area contributed by atoms with E-state index in [-0.39, 0.29) is 16.9 Å². The van der Waals surface area contributed by atoms with Crippen LogP contribution in [0.1, 0.15) is 15.9 Å². The van der Waals surface area contributed by atoms with E-state index in [9.17, 15) is 9.18 Å². The number of halogens is 2. The van der Waals surface area contributed by atoms with Gasteiger partial charge in [0.05, 0.1) is 11.3 Å². The maximum atomic E-state index is 14.0. The average Bonchev–Trinajstić information content (AvgIpc) is 2.37. The van der Waals surface area contributed by atoms with Gasteiger partial charge in [-0.05, 0) is 29.8 Å². The lowest BCUT2D eigenvalue weighted by Crippen LogP contribution is -2.20. The zero-order valence-corrected chi connectivity index (χ0v) is 13.0. The van der Waals surface area contributed by atoms with Crippen molar-refractivity contribution in [2.45, 2.75) is 6.54 Å². The van der Waals surface area contributed by atoms with Gasteiger partial charge in [-0.3, -0.25) is 4.79 Å². The molecule has 2 aromatic rings. The summed E-state index contributed by atoms with van der Waals surface area (Å²) < 4.78 is 15.0. The molecule has 2 aromatic carbocycles. The molecule has 0 aliphatic heterocycles. The quantitative estimate of drug-likeness (QED) is 0.831. The van der Waals surface area contributed by atoms with E-state index in [0.717, 1.165) is 16.1 Å². The van der Waals surface area contributed by atoms with Gasteiger partial charge in [-0.15, -0.1) is 0 Å². The van der Waals surface area contributed by atoms with E-state index in [2.05, 4.69) is 15.9 Å². The third kappa shape index (κ3) is 3.52. The average molecular weight is 352 g/mol. The first-order valence-electron chi connectivity index (χ1n) is 6.23. The molecule has 0 saturated carbocycles. The second kappa shape index (κ2) is 6.13. The minimum absolute atomic E-state index is 0.0413. The zero-order valence-electron chi connectivity index (χ0n) is 11.4. The molecule has 0 heterocycles. The van der Waals surface area contributed by atoms with E-state index in [4.69, 9.17) is 11.5 Å². The number of rotatable bonds is 4. The fraction of sp³-hybridized carbons (Fsp3) is 0.133. The number of carbonyl (C=O) groups excluding carboxylic acids is 1. The highest BCUT2D eigenvalue weighted by atomic mass is 79.9. The standard InChI is InChI=1S/C15H15BrFN3O/c1-20(8-9-3-2-4-10(16)5-9)14-6-11(15(19)21)13(18)7-12(14)17/h2-7H,8,18H2,1H3,(H2,19,21). The van der Waals surface area contributed by atoms with Crippen LogP contribution in [0.5, 0.6) is 0 Å². The number of benzene rings is 2. The fourth-order valence-corrected chi connectivity index (χ4v) is 2.52. The molecule has 0 unspecified atom stereocenters. The summed E-state index contributed by atoms with van der Waals surface area (Å²) in [5, 5.41) is 0. The number of primary amides is 1. The van der Waals surface area contributed by atoms with Crippen molar-refractivity contribution in [3.8, 4) is 0 Å². The molecule has 4 nitrogen and oxygen atoms in total. The minimum Gasteiger partial charge on any atom is -0.398 e. The topological polar surface area (TPSA) is 72.3 Å². The van der Waals surface area contributed by atoms with Gasteiger partial charge < -0.3 is 16.4 Å². The van der Waals surface area contributed by atoms with Gasteiger partial charge in [0.2, 0.25) is 0 Å². The third-order valence-corrected chi connectivity index (χ3v) is 3.60. The zero-order chi connectivity index (χ0) is 15.6. The summed E-state index contributed by atoms with van der Waals surface area (Å²) in [6.07, 6.45) is 0. The fourth-order valence-electron chi connectivity index (χ4n) is 2.08. The van der Waals surface area contributed by atoms with Crippen LogP contribution in [0.15, 0.2) is 40.9 Å². The van der Waals surface area contributed by atoms with Crippen molar-refractivity contribution < 1.29 is 9.18 Å². The van der Waals surface area contributed by atoms with Crippen LogP contribution in [0.2, 0.25) is 0 Å². The number of nitrogen functional groups attached to an aromatic ring is 1. The highest BCUT2D eigenvalue weighted by Gasteiger charge is 2.15. The molecule has 0 saturated heterocycles. The van der Waals surface area contributed by atoms with Gasteiger partial charge in [0.15, 0.2) is 0 Å². The molecule has 110 valence electrons. The highest BCUT2D eigenvalue weighted by molar-refractivity contribution is 9.10. The molecule has 0 aliphatic carbocycles. The summed E-state index contributed by atoms with van der Waals surface area (Å²) in [7, 11) is 1.74. The summed E-state index contributed by atoms with van der Waals surface area (Å²) in [5.41, 5.74) is 12.3. The van der Waals surface area contributed by atoms with Crippen LogP contribution in [0.3, 0.4) is 0 Å². The van der Waals surface area contributed by atoms with Gasteiger partial charge in [-0.25, -0.2) is 4.39 Å². The van der Waals surface area contributed by atoms with Crippen LogP contribution in [-0.2, 0) is 6.54 Å². The summed E-state index contributed by atoms with van der Waals surface area (Å²) >= 11 is 3.39. The first-order chi connectivity index (χ1) is 9.88. The minimum atomic E-state index is -0.676. The number of hydrogen-bond donors (Lipinski definition) is 2. The van der Waals surface area contributed by atoms with Crippen LogP contribution in [0.25, 0.3) is 0 Å². The van der Waals surface area contributed by atoms with Crippen LogP contribution < -0.4 is 16.4 Å². The number of carbonyl (C=O) groups is 1. The SMILES string of the molecule is CN(Cc1cccc(Br)c1)c1cc(C(N)=O)c(N)cc1F. The van der Waals surface area contributed by atoms with Gasteiger partial charge in [-0.2, -0.15) is 0 Å². The van der Waals surface area contributed by atoms with Crippen LogP contribution in [-0.4, -0.2) is 13.0 Å². The van der Waals surface area contributed by atoms with E-state index in [1.807, 2.05) is 24.3 Å². The molecule has 0 fully saturated rings. The Labute approximate surface area is 130 Å². The van der Waals surface area contributed by atoms with Crippen molar-refractivity contribution >= 4 is 33.2 Å². The second-order valence-electron chi connectivity index (χ2n) is 4.74. The number of nitrogens with two attached hydrogens (primary N) is 2. The molecule has 4 N–H and O–H groups in total. The van der Waals surface area contributed by atoms with Crippen molar-refractivity contribution in [1.29, 1.82) is 0 Å². The number of nitrogens with zero attached hydrogens (tertiary/aromatic N) is 1. The van der Waals surface area contributed by atoms with Gasteiger partial charge in [0, 0.05) is 23.8 Å². The summed E-state index contributed by atoms with van der Waals surface area (Å²) in [6, 6.07) is 10.2. The van der Waals surface area contributed by atoms with Crippen molar-refractivity contribution in [1.82, 2.24) is 0 Å². The number of anilines is 2. The first-order valence-corrected chi connectivity index (χ1v) is 7.02. The Hall–Kier alpha value is -2.08.